The second-order valence-corrected chi connectivity index (χ2v) is 39.4. The number of rotatable bonds is 19. The minimum Gasteiger partial charge on any atom is -0.478 e. The van der Waals surface area contributed by atoms with E-state index < -0.39 is 162 Å². The molecular formula is C98H103B3Br2F8IN10O17-. The van der Waals surface area contributed by atoms with Gasteiger partial charge in [0.2, 0.25) is 5.91 Å². The number of alkyl halides is 5. The number of hydrogen-bond donors (Lipinski definition) is 5. The standard InChI is InChI=1S/C26H21F3N4O3.C18H13FN2O3.C15H20BFO3.C12H24B2O4.C10H6BrNO2.C9H8BrFO.C8H11F2IN3O/c1-31-25(36)19-4-2-16(11-21(19)27)15-3-5-22-20(10-15)18(8-9-32-22)23(34)6-7-24(35)33-14-26(28,29)12-17(33)13-30;1-20-17(22)13-4-2-11(9-15(13)19)10-3-5-16-14(8-10)12(18(23)24)6-7-21-16;1-6-13(18)11-8-7-10(9-12(11)17)16-19-14(2,3)15(4,5)20-16;1-9(2)10(3,4)16-13(15-9)14-17-11(5,6)12(7,8)18-14;11-6-1-2-9-8(5-6)7(10(13)14)3-4-12-9;1-2-9(12)7-4-3-6(10)5-8(7)11;9-8(10)3-6(4-12)14(5-8)7(15)1-2-11-13/h2-5,8-11,17H,6-7,12,14H2,1H3,(H,31,36);2-9H,1H3,(H,20,22)(H,23,24);7-9H,6H2,1-5H3;1-8H3;1-5H,(H,13,14);3-5H,2H2,1H3;6H,1-3,5,13H2/q;;;;;;-1/t17-;;;;;;6-/m0.....0/s1. The summed E-state index contributed by atoms with van der Waals surface area (Å²) in [6.07, 6.45) is 3.35. The maximum atomic E-state index is 14.5. The van der Waals surface area contributed by atoms with Crippen LogP contribution in [0.4, 0.5) is 35.1 Å². The number of fused-ring (bicyclic) bond motifs is 3. The molecule has 4 amide bonds. The van der Waals surface area contributed by atoms with Crippen molar-refractivity contribution in [2.45, 2.75) is 199 Å². The summed E-state index contributed by atoms with van der Waals surface area (Å²) in [5, 5.41) is 42.3. The summed E-state index contributed by atoms with van der Waals surface area (Å²) in [4.78, 5) is 119. The zero-order chi connectivity index (χ0) is 103. The van der Waals surface area contributed by atoms with Crippen molar-refractivity contribution in [2.24, 2.45) is 3.95 Å². The average Bonchev–Trinajstić information content (AvgIpc) is 1.59. The number of hydrogen-bond acceptors (Lipinski definition) is 21. The van der Waals surface area contributed by atoms with Crippen molar-refractivity contribution in [1.82, 2.24) is 35.4 Å². The third-order valence-electron chi connectivity index (χ3n) is 24.4. The van der Waals surface area contributed by atoms with Crippen molar-refractivity contribution >= 4 is 144 Å². The maximum Gasteiger partial charge on any atom is 0.336 e. The molecular weight excluding hydrogens is 2060 g/mol. The fourth-order valence-corrected chi connectivity index (χ4v) is 16.0. The number of aromatic carboxylic acids is 2. The molecule has 5 fully saturated rings. The first-order chi connectivity index (χ1) is 65.0. The fraction of sp³-hybridized carbons (Fsp3) is 0.367. The number of nitrogens with one attached hydrogen (secondary N) is 2. The van der Waals surface area contributed by atoms with Gasteiger partial charge in [0.05, 0.1) is 96.2 Å². The summed E-state index contributed by atoms with van der Waals surface area (Å²) >= 11 is 5.91. The Labute approximate surface area is 827 Å². The first kappa shape index (κ1) is 111. The van der Waals surface area contributed by atoms with Gasteiger partial charge >= 0.3 is 130 Å². The number of aromatic nitrogens is 3. The zero-order valence-electron chi connectivity index (χ0n) is 78.9. The minimum absolute atomic E-state index is 0.0464. The van der Waals surface area contributed by atoms with Crippen molar-refractivity contribution < 1.29 is 138 Å². The Bertz CT molecular complexity index is 6330. The predicted octanol–water partition coefficient (Wildman–Crippen LogP) is 15.2. The number of carbonyl (C=O) groups excluding carboxylic acids is 7. The van der Waals surface area contributed by atoms with E-state index in [9.17, 15) is 83.4 Å². The molecule has 41 heteroatoms. The van der Waals surface area contributed by atoms with Gasteiger partial charge in [-0.3, -0.25) is 43.7 Å². The number of nitriles is 2. The fourth-order valence-electron chi connectivity index (χ4n) is 14.6. The summed E-state index contributed by atoms with van der Waals surface area (Å²) in [5.41, 5.74) is 3.02. The van der Waals surface area contributed by atoms with Crippen molar-refractivity contribution in [3.8, 4) is 34.4 Å². The van der Waals surface area contributed by atoms with Crippen LogP contribution in [0.1, 0.15) is 214 Å². The molecule has 5 saturated heterocycles. The molecule has 0 unspecified atom stereocenters. The van der Waals surface area contributed by atoms with Crippen LogP contribution in [0.5, 0.6) is 0 Å². The number of Topliss-reactive ketones (excluding diaryl/α,β-unsaturated/α-hetero) is 3. The number of halogens is 11. The van der Waals surface area contributed by atoms with Crippen LogP contribution in [0.15, 0.2) is 173 Å². The first-order valence-corrected chi connectivity index (χ1v) is 48.0. The molecule has 8 heterocycles. The Balaban J connectivity index is 0.000000187. The molecule has 7 aromatic carbocycles. The number of carboxylic acid groups (broad SMARTS) is 2. The number of likely N-dealkylation sites (tertiary alicyclic amines) is 2. The molecule has 2 atom stereocenters. The molecule has 27 nitrogen and oxygen atoms in total. The van der Waals surface area contributed by atoms with Crippen molar-refractivity contribution in [3.05, 3.63) is 235 Å². The van der Waals surface area contributed by atoms with E-state index in [4.69, 9.17) is 47.5 Å². The van der Waals surface area contributed by atoms with Gasteiger partial charge in [-0.25, -0.2) is 35.9 Å². The molecule has 0 saturated carbocycles. The predicted molar refractivity (Wildman–Crippen MR) is 511 cm³/mol. The van der Waals surface area contributed by atoms with E-state index in [1.54, 1.807) is 98.8 Å². The van der Waals surface area contributed by atoms with Crippen LogP contribution in [0.3, 0.4) is 0 Å². The average molecular weight is 2160 g/mol. The molecule has 5 aliphatic heterocycles. The van der Waals surface area contributed by atoms with E-state index in [1.807, 2.05) is 89.2 Å². The zero-order valence-corrected chi connectivity index (χ0v) is 84.3. The first-order valence-electron chi connectivity index (χ1n) is 43.7. The molecule has 0 radical (unpaired) electrons. The van der Waals surface area contributed by atoms with Crippen LogP contribution in [0.2, 0.25) is 0 Å². The summed E-state index contributed by atoms with van der Waals surface area (Å²) in [5.74, 6) is -13.3. The molecule has 0 aliphatic carbocycles. The molecule has 6 N–H and O–H groups in total. The molecule has 3 aromatic heterocycles. The number of pyridine rings is 3. The van der Waals surface area contributed by atoms with E-state index in [0.717, 1.165) is 14.3 Å². The Morgan fingerprint density at radius 1 is 0.439 bits per heavy atom. The summed E-state index contributed by atoms with van der Waals surface area (Å²) in [6.45, 7) is 25.9. The molecule has 15 rings (SSSR count). The van der Waals surface area contributed by atoms with Gasteiger partial charge in [0.25, 0.3) is 17.7 Å². The minimum atomic E-state index is -3.13. The quantitative estimate of drug-likeness (QED) is 0.0125. The van der Waals surface area contributed by atoms with Gasteiger partial charge in [0.15, 0.2) is 17.3 Å². The van der Waals surface area contributed by atoms with Crippen LogP contribution >= 0.6 is 31.9 Å². The summed E-state index contributed by atoms with van der Waals surface area (Å²) < 4.78 is 152. The largest absolute Gasteiger partial charge is 0.478 e. The van der Waals surface area contributed by atoms with Crippen molar-refractivity contribution in [3.63, 3.8) is 0 Å². The number of nitrogens with two attached hydrogens (primary N) is 1. The summed E-state index contributed by atoms with van der Waals surface area (Å²) in [6, 6.07) is 38.5. The van der Waals surface area contributed by atoms with Gasteiger partial charge in [0.1, 0.15) is 29.3 Å². The SMILES string of the molecule is CC1(C)OB(B2OC(C)(C)C(C)(C)O2)OC1(C)C.CCC(=O)c1ccc(B2OC(C)(C)C(C)(C)O2)cc1F.CCC(=O)c1ccc(Br)cc1F.CNC(=O)c1ccc(-c2ccc3nccc(C(=O)CCC(=O)N4CC(F)(F)C[C@H]4C#N)c3c2)cc1F.CNC(=O)c1ccc(-c2ccc3nccc(C(=O)O)c3c2)cc1F.N#C[C@@H]1CC(F)(F)CN1C(=O)CC[I-]N.O=C(O)c1ccnc2ccc(Br)cc12. The topological polar surface area (TPSA) is 392 Å². The van der Waals surface area contributed by atoms with Gasteiger partial charge in [-0.15, -0.1) is 0 Å². The third kappa shape index (κ3) is 27.5. The number of amides is 4. The third-order valence-corrected chi connectivity index (χ3v) is 26.6. The number of carbonyl (C=O) groups is 9. The Morgan fingerprint density at radius 2 is 0.770 bits per heavy atom. The number of carboxylic acids is 2. The monoisotopic (exact) mass is 2160 g/mol. The Hall–Kier alpha value is -11.4. The van der Waals surface area contributed by atoms with Crippen LogP contribution < -0.4 is 41.5 Å². The van der Waals surface area contributed by atoms with Crippen LogP contribution in [0.25, 0.3) is 55.0 Å². The van der Waals surface area contributed by atoms with Gasteiger partial charge in [-0.1, -0.05) is 76.0 Å². The van der Waals surface area contributed by atoms with Gasteiger partial charge in [-0.2, -0.15) is 5.26 Å². The molecule has 734 valence electrons. The Morgan fingerprint density at radius 3 is 1.14 bits per heavy atom. The number of benzene rings is 7. The normalized spacial score (nSPS) is 17.7. The van der Waals surface area contributed by atoms with Crippen LogP contribution in [-0.4, -0.2) is 198 Å². The smallest absolute Gasteiger partial charge is 0.336 e. The molecule has 0 bridgehead atoms. The van der Waals surface area contributed by atoms with E-state index in [-0.39, 0.29) is 105 Å². The number of ketones is 3. The van der Waals surface area contributed by atoms with Gasteiger partial charge < -0.3 is 53.7 Å². The van der Waals surface area contributed by atoms with Crippen molar-refractivity contribution in [2.75, 3.05) is 31.6 Å². The van der Waals surface area contributed by atoms with E-state index >= 15 is 0 Å². The molecule has 0 spiro atoms. The van der Waals surface area contributed by atoms with Crippen molar-refractivity contribution in [1.29, 1.82) is 10.5 Å². The Kier molecular flexibility index (Phi) is 37.1. The van der Waals surface area contributed by atoms with Gasteiger partial charge in [-0.05, 0) is 226 Å². The van der Waals surface area contributed by atoms with E-state index in [0.29, 0.717) is 75.7 Å². The second kappa shape index (κ2) is 46.4. The molecule has 10 aromatic rings. The van der Waals surface area contributed by atoms with E-state index in [1.165, 1.54) is 99.4 Å². The van der Waals surface area contributed by atoms with Crippen LogP contribution in [0, 0.1) is 45.9 Å². The molecule has 139 heavy (non-hydrogen) atoms. The number of nitrogens with zero attached hydrogens (tertiary/aromatic N) is 7. The maximum absolute atomic E-state index is 14.5. The van der Waals surface area contributed by atoms with E-state index in [2.05, 4.69) is 57.4 Å². The summed E-state index contributed by atoms with van der Waals surface area (Å²) in [7, 11) is 1.27. The van der Waals surface area contributed by atoms with Crippen LogP contribution in [-0.2, 0) is 37.5 Å². The van der Waals surface area contributed by atoms with Gasteiger partial charge in [0, 0.05) is 95.5 Å². The second-order valence-electron chi connectivity index (χ2n) is 35.6. The molecule has 5 aliphatic rings.